The minimum atomic E-state index is -4.05. The molecule has 1 aliphatic rings. The zero-order chi connectivity index (χ0) is 24.6. The first-order chi connectivity index (χ1) is 16.2. The quantitative estimate of drug-likeness (QED) is 0.519. The summed E-state index contributed by atoms with van der Waals surface area (Å²) in [5.41, 5.74) is 0.927. The van der Waals surface area contributed by atoms with Crippen molar-refractivity contribution >= 4 is 38.5 Å². The highest BCUT2D eigenvalue weighted by Crippen LogP contribution is 2.39. The van der Waals surface area contributed by atoms with Crippen LogP contribution in [0.2, 0.25) is 5.02 Å². The largest absolute Gasteiger partial charge is 0.481 e. The number of rotatable bonds is 7. The maximum atomic E-state index is 13.4. The topological polar surface area (TPSA) is 138 Å². The molecule has 0 saturated carbocycles. The molecule has 1 saturated heterocycles. The molecule has 3 atom stereocenters. The molecule has 12 heteroatoms. The van der Waals surface area contributed by atoms with Crippen molar-refractivity contribution in [2.45, 2.75) is 37.2 Å². The third-order valence-corrected chi connectivity index (χ3v) is 7.97. The molecule has 0 spiro atoms. The normalized spacial score (nSPS) is 20.9. The van der Waals surface area contributed by atoms with Gasteiger partial charge < -0.3 is 9.84 Å². The Morgan fingerprint density at radius 1 is 1.35 bits per heavy atom. The van der Waals surface area contributed by atoms with Gasteiger partial charge in [-0.05, 0) is 31.2 Å². The van der Waals surface area contributed by atoms with Crippen molar-refractivity contribution in [2.24, 2.45) is 5.92 Å². The number of sulfonamides is 1. The van der Waals surface area contributed by atoms with Gasteiger partial charge in [0.05, 0.1) is 42.5 Å². The highest BCUT2D eigenvalue weighted by atomic mass is 35.5. The summed E-state index contributed by atoms with van der Waals surface area (Å²) in [5.74, 6) is -1.17. The van der Waals surface area contributed by atoms with Crippen molar-refractivity contribution in [3.05, 3.63) is 47.2 Å². The van der Waals surface area contributed by atoms with Gasteiger partial charge in [-0.2, -0.15) is 14.7 Å². The molecule has 0 amide bonds. The highest BCUT2D eigenvalue weighted by Gasteiger charge is 2.47. The van der Waals surface area contributed by atoms with Crippen LogP contribution in [0.5, 0.6) is 5.88 Å². The average molecular weight is 504 g/mol. The van der Waals surface area contributed by atoms with Gasteiger partial charge >= 0.3 is 5.97 Å². The van der Waals surface area contributed by atoms with Crippen LogP contribution < -0.4 is 4.74 Å². The van der Waals surface area contributed by atoms with Crippen molar-refractivity contribution in [1.82, 2.24) is 19.1 Å². The lowest BCUT2D eigenvalue weighted by molar-refractivity contribution is -0.136. The molecule has 0 aliphatic carbocycles. The van der Waals surface area contributed by atoms with E-state index in [-0.39, 0.29) is 17.9 Å². The average Bonchev–Trinajstić information content (AvgIpc) is 3.31. The fraction of sp³-hybridized carbons (Fsp3) is 0.364. The van der Waals surface area contributed by atoms with E-state index >= 15 is 0 Å². The van der Waals surface area contributed by atoms with Crippen LogP contribution in [0.3, 0.4) is 0 Å². The second-order valence-corrected chi connectivity index (χ2v) is 10.3. The summed E-state index contributed by atoms with van der Waals surface area (Å²) in [7, 11) is -4.05. The highest BCUT2D eigenvalue weighted by molar-refractivity contribution is 7.89. The minimum Gasteiger partial charge on any atom is -0.481 e. The number of nitrogens with zero attached hydrogens (tertiary/aromatic N) is 5. The summed E-state index contributed by atoms with van der Waals surface area (Å²) in [4.78, 5) is 15.3. The molecule has 34 heavy (non-hydrogen) atoms. The standard InChI is InChI=1S/C22H22ClN5O5S/c1-3-33-21-7-5-15(11-25-21)34(31,32)27-12-20(13(2)19(27)10-24)28-18-8-14(23)4-6-16(18)17(26-28)9-22(29)30/h4-8,11,13,19-20H,3,9,12H2,1-2H3,(H,29,30)/t13-,19+,20+/m1/s1. The monoisotopic (exact) mass is 503 g/mol. The van der Waals surface area contributed by atoms with E-state index in [1.54, 1.807) is 36.7 Å². The minimum absolute atomic E-state index is 0.0231. The Bertz CT molecular complexity index is 1380. The lowest BCUT2D eigenvalue weighted by atomic mass is 10.00. The van der Waals surface area contributed by atoms with E-state index in [4.69, 9.17) is 16.3 Å². The molecule has 10 nitrogen and oxygen atoms in total. The third kappa shape index (κ3) is 4.20. The number of aliphatic carboxylic acids is 1. The summed E-state index contributed by atoms with van der Waals surface area (Å²) in [6.07, 6.45) is 0.911. The Morgan fingerprint density at radius 3 is 2.74 bits per heavy atom. The number of fused-ring (bicyclic) bond motifs is 1. The maximum Gasteiger partial charge on any atom is 0.309 e. The van der Waals surface area contributed by atoms with E-state index in [1.807, 2.05) is 0 Å². The number of ether oxygens (including phenoxy) is 1. The number of pyridine rings is 1. The van der Waals surface area contributed by atoms with E-state index in [9.17, 15) is 23.6 Å². The lowest BCUT2D eigenvalue weighted by Crippen LogP contribution is -2.36. The second kappa shape index (κ2) is 9.21. The summed E-state index contributed by atoms with van der Waals surface area (Å²) in [6.45, 7) is 3.94. The summed E-state index contributed by atoms with van der Waals surface area (Å²) in [5, 5.41) is 24.7. The second-order valence-electron chi connectivity index (χ2n) is 7.96. The molecule has 1 aromatic carbocycles. The first-order valence-corrected chi connectivity index (χ1v) is 12.4. The predicted molar refractivity (Wildman–Crippen MR) is 123 cm³/mol. The van der Waals surface area contributed by atoms with Gasteiger partial charge in [-0.3, -0.25) is 9.48 Å². The maximum absolute atomic E-state index is 13.4. The Kier molecular flexibility index (Phi) is 6.49. The molecule has 0 radical (unpaired) electrons. The number of halogens is 1. The molecule has 0 bridgehead atoms. The number of benzene rings is 1. The molecule has 3 heterocycles. The molecule has 3 aromatic rings. The number of carboxylic acid groups (broad SMARTS) is 1. The first-order valence-electron chi connectivity index (χ1n) is 10.6. The van der Waals surface area contributed by atoms with E-state index in [0.29, 0.717) is 34.1 Å². The Balaban J connectivity index is 1.75. The number of nitriles is 1. The van der Waals surface area contributed by atoms with Crippen molar-refractivity contribution < 1.29 is 23.1 Å². The van der Waals surface area contributed by atoms with Gasteiger partial charge in [-0.15, -0.1) is 0 Å². The molecule has 4 rings (SSSR count). The van der Waals surface area contributed by atoms with Crippen LogP contribution in [0.25, 0.3) is 10.9 Å². The molecule has 1 aliphatic heterocycles. The third-order valence-electron chi connectivity index (χ3n) is 5.90. The predicted octanol–water partition coefficient (Wildman–Crippen LogP) is 2.88. The zero-order valence-electron chi connectivity index (χ0n) is 18.4. The van der Waals surface area contributed by atoms with Gasteiger partial charge in [0.15, 0.2) is 0 Å². The smallest absolute Gasteiger partial charge is 0.309 e. The van der Waals surface area contributed by atoms with Crippen LogP contribution in [-0.4, -0.2) is 57.8 Å². The molecule has 1 fully saturated rings. The Labute approximate surface area is 201 Å². The van der Waals surface area contributed by atoms with Gasteiger partial charge in [0.2, 0.25) is 15.9 Å². The fourth-order valence-corrected chi connectivity index (χ4v) is 6.01. The molecular weight excluding hydrogens is 482 g/mol. The van der Waals surface area contributed by atoms with Crippen LogP contribution in [0, 0.1) is 17.2 Å². The lowest BCUT2D eigenvalue weighted by Gasteiger charge is -2.20. The Morgan fingerprint density at radius 2 is 2.12 bits per heavy atom. The van der Waals surface area contributed by atoms with Crippen molar-refractivity contribution in [3.63, 3.8) is 0 Å². The number of carbonyl (C=O) groups is 1. The van der Waals surface area contributed by atoms with Gasteiger partial charge in [0, 0.05) is 28.9 Å². The van der Waals surface area contributed by atoms with Crippen LogP contribution in [0.1, 0.15) is 25.6 Å². The number of hydrogen-bond acceptors (Lipinski definition) is 7. The van der Waals surface area contributed by atoms with Crippen LogP contribution in [0.4, 0.5) is 0 Å². The van der Waals surface area contributed by atoms with Crippen molar-refractivity contribution in [2.75, 3.05) is 13.2 Å². The molecule has 178 valence electrons. The number of carboxylic acids is 1. The first kappa shape index (κ1) is 23.9. The SMILES string of the molecule is CCOc1ccc(S(=O)(=O)N2C[C@H](n3nc(CC(=O)O)c4ccc(Cl)cc43)[C@H](C)[C@@H]2C#N)cn1. The van der Waals surface area contributed by atoms with Crippen LogP contribution in [0.15, 0.2) is 41.4 Å². The van der Waals surface area contributed by atoms with E-state index < -0.39 is 34.0 Å². The summed E-state index contributed by atoms with van der Waals surface area (Å²) >= 11 is 6.19. The molecule has 1 N–H and O–H groups in total. The van der Waals surface area contributed by atoms with Gasteiger partial charge in [0.1, 0.15) is 10.9 Å². The number of hydrogen-bond donors (Lipinski definition) is 1. The zero-order valence-corrected chi connectivity index (χ0v) is 20.0. The van der Waals surface area contributed by atoms with E-state index in [2.05, 4.69) is 16.2 Å². The van der Waals surface area contributed by atoms with Gasteiger partial charge in [0.25, 0.3) is 0 Å². The van der Waals surface area contributed by atoms with E-state index in [0.717, 1.165) is 4.31 Å². The Hall–Kier alpha value is -3.20. The molecule has 0 unspecified atom stereocenters. The van der Waals surface area contributed by atoms with E-state index in [1.165, 1.54) is 18.3 Å². The van der Waals surface area contributed by atoms with Crippen molar-refractivity contribution in [1.29, 1.82) is 5.26 Å². The van der Waals surface area contributed by atoms with Crippen LogP contribution in [-0.2, 0) is 21.2 Å². The summed E-state index contributed by atoms with van der Waals surface area (Å²) in [6, 6.07) is 8.51. The van der Waals surface area contributed by atoms with Crippen LogP contribution >= 0.6 is 11.6 Å². The van der Waals surface area contributed by atoms with Gasteiger partial charge in [-0.25, -0.2) is 13.4 Å². The molecular formula is C22H22ClN5O5S. The molecule has 2 aromatic heterocycles. The number of aromatic nitrogens is 3. The fourth-order valence-electron chi connectivity index (χ4n) is 4.26. The van der Waals surface area contributed by atoms with Crippen molar-refractivity contribution in [3.8, 4) is 11.9 Å². The van der Waals surface area contributed by atoms with Gasteiger partial charge in [-0.1, -0.05) is 18.5 Å². The summed E-state index contributed by atoms with van der Waals surface area (Å²) < 4.78 is 34.9.